The topological polar surface area (TPSA) is 87.6 Å². The van der Waals surface area contributed by atoms with Crippen molar-refractivity contribution in [2.45, 2.75) is 37.5 Å². The molecule has 1 amide bonds. The molecule has 30 heavy (non-hydrogen) atoms. The minimum atomic E-state index is -2.94. The first kappa shape index (κ1) is 20.9. The molecule has 0 saturated carbocycles. The van der Waals surface area contributed by atoms with E-state index in [0.29, 0.717) is 12.3 Å². The third-order valence-electron chi connectivity index (χ3n) is 5.25. The largest absolute Gasteiger partial charge is 0.335 e. The van der Waals surface area contributed by atoms with E-state index in [4.69, 9.17) is 0 Å². The van der Waals surface area contributed by atoms with E-state index in [0.717, 1.165) is 22.1 Å². The quantitative estimate of drug-likeness (QED) is 0.736. The van der Waals surface area contributed by atoms with E-state index in [2.05, 4.69) is 29.5 Å². The van der Waals surface area contributed by atoms with Gasteiger partial charge in [-0.3, -0.25) is 9.79 Å². The van der Waals surface area contributed by atoms with Crippen LogP contribution in [-0.2, 0) is 21.1 Å². The van der Waals surface area contributed by atoms with E-state index < -0.39 is 9.84 Å². The molecule has 2 atom stereocenters. The van der Waals surface area contributed by atoms with Crippen LogP contribution in [0.5, 0.6) is 0 Å². The summed E-state index contributed by atoms with van der Waals surface area (Å²) in [7, 11) is -2.94. The third kappa shape index (κ3) is 5.05. The Morgan fingerprint density at radius 1 is 1.07 bits per heavy atom. The number of sulfone groups is 1. The minimum absolute atomic E-state index is 0.0232. The highest BCUT2D eigenvalue weighted by atomic mass is 32.2. The molecule has 1 fully saturated rings. The van der Waals surface area contributed by atoms with Crippen LogP contribution in [0.2, 0.25) is 0 Å². The van der Waals surface area contributed by atoms with Gasteiger partial charge in [0.1, 0.15) is 0 Å². The summed E-state index contributed by atoms with van der Waals surface area (Å²) < 4.78 is 23.3. The van der Waals surface area contributed by atoms with E-state index in [1.54, 1.807) is 0 Å². The summed E-state index contributed by atoms with van der Waals surface area (Å²) in [6.45, 7) is 4.28. The van der Waals surface area contributed by atoms with Gasteiger partial charge in [-0.2, -0.15) is 0 Å². The predicted octanol–water partition coefficient (Wildman–Crippen LogP) is 3.67. The van der Waals surface area contributed by atoms with E-state index in [9.17, 15) is 13.2 Å². The number of hydrogen-bond donors (Lipinski definition) is 2. The van der Waals surface area contributed by atoms with Crippen molar-refractivity contribution in [3.63, 3.8) is 0 Å². The molecule has 0 bridgehead atoms. The SMILES string of the molecule is CC(C)c1ccc(NC(=O)Cc2ccc(NC3=N[C@H]4CS(=O)(=O)C[C@H]4S3)cc2)cc1. The summed E-state index contributed by atoms with van der Waals surface area (Å²) in [6, 6.07) is 15.4. The van der Waals surface area contributed by atoms with E-state index in [1.807, 2.05) is 48.5 Å². The lowest BCUT2D eigenvalue weighted by Crippen LogP contribution is -2.14. The average Bonchev–Trinajstić information content (AvgIpc) is 3.16. The monoisotopic (exact) mass is 443 g/mol. The molecule has 0 spiro atoms. The molecule has 2 aromatic rings. The van der Waals surface area contributed by atoms with Crippen LogP contribution in [0.25, 0.3) is 0 Å². The molecule has 8 heteroatoms. The lowest BCUT2D eigenvalue weighted by atomic mass is 10.0. The standard InChI is InChI=1S/C22H25N3O3S2/c1-14(2)16-5-9-17(10-6-16)23-21(26)11-15-3-7-18(8-4-15)24-22-25-19-12-30(27,28)13-20(19)29-22/h3-10,14,19-20H,11-13H2,1-2H3,(H,23,26)(H,24,25)/t19-,20+/m0/s1. The Kier molecular flexibility index (Phi) is 5.88. The van der Waals surface area contributed by atoms with Crippen molar-refractivity contribution in [1.29, 1.82) is 0 Å². The first-order chi connectivity index (χ1) is 14.3. The molecule has 1 saturated heterocycles. The van der Waals surface area contributed by atoms with Crippen LogP contribution in [0, 0.1) is 0 Å². The van der Waals surface area contributed by atoms with Crippen molar-refractivity contribution in [1.82, 2.24) is 0 Å². The van der Waals surface area contributed by atoms with Crippen molar-refractivity contribution in [3.05, 3.63) is 59.7 Å². The molecule has 0 radical (unpaired) electrons. The molecule has 0 unspecified atom stereocenters. The highest BCUT2D eigenvalue weighted by Gasteiger charge is 2.42. The first-order valence-electron chi connectivity index (χ1n) is 9.98. The summed E-state index contributed by atoms with van der Waals surface area (Å²) in [4.78, 5) is 16.8. The summed E-state index contributed by atoms with van der Waals surface area (Å²) in [5.74, 6) is 0.746. The first-order valence-corrected chi connectivity index (χ1v) is 12.7. The van der Waals surface area contributed by atoms with Crippen LogP contribution in [-0.4, -0.2) is 42.3 Å². The molecular formula is C22H25N3O3S2. The van der Waals surface area contributed by atoms with Crippen molar-refractivity contribution in [2.24, 2.45) is 4.99 Å². The number of rotatable bonds is 5. The molecule has 2 heterocycles. The summed E-state index contributed by atoms with van der Waals surface area (Å²) >= 11 is 1.49. The fraction of sp³-hybridized carbons (Fsp3) is 0.364. The predicted molar refractivity (Wildman–Crippen MR) is 124 cm³/mol. The third-order valence-corrected chi connectivity index (χ3v) is 8.39. The van der Waals surface area contributed by atoms with Crippen LogP contribution in [0.1, 0.15) is 30.9 Å². The number of carbonyl (C=O) groups excluding carboxylic acids is 1. The van der Waals surface area contributed by atoms with Crippen molar-refractivity contribution >= 4 is 44.0 Å². The van der Waals surface area contributed by atoms with Gasteiger partial charge in [-0.05, 0) is 41.3 Å². The highest BCUT2D eigenvalue weighted by Crippen LogP contribution is 2.34. The fourth-order valence-electron chi connectivity index (χ4n) is 3.59. The number of aliphatic imine (C=N–C) groups is 1. The maximum absolute atomic E-state index is 12.3. The molecule has 158 valence electrons. The Morgan fingerprint density at radius 2 is 1.73 bits per heavy atom. The Labute approximate surface area is 181 Å². The van der Waals surface area contributed by atoms with Gasteiger partial charge in [-0.1, -0.05) is 49.9 Å². The number of thioether (sulfide) groups is 1. The number of fused-ring (bicyclic) bond motifs is 1. The number of hydrogen-bond acceptors (Lipinski definition) is 6. The smallest absolute Gasteiger partial charge is 0.228 e. The number of amidine groups is 1. The molecule has 6 nitrogen and oxygen atoms in total. The molecule has 2 N–H and O–H groups in total. The van der Waals surface area contributed by atoms with Gasteiger partial charge >= 0.3 is 0 Å². The molecule has 2 aromatic carbocycles. The zero-order valence-electron chi connectivity index (χ0n) is 17.0. The van der Waals surface area contributed by atoms with Crippen LogP contribution >= 0.6 is 11.8 Å². The van der Waals surface area contributed by atoms with E-state index >= 15 is 0 Å². The molecular weight excluding hydrogens is 418 g/mol. The maximum Gasteiger partial charge on any atom is 0.228 e. The lowest BCUT2D eigenvalue weighted by Gasteiger charge is -2.10. The lowest BCUT2D eigenvalue weighted by molar-refractivity contribution is -0.115. The van der Waals surface area contributed by atoms with Gasteiger partial charge in [0.05, 0.1) is 24.0 Å². The number of nitrogens with one attached hydrogen (secondary N) is 2. The van der Waals surface area contributed by atoms with Gasteiger partial charge in [0, 0.05) is 16.6 Å². The molecule has 2 aliphatic heterocycles. The van der Waals surface area contributed by atoms with Crippen LogP contribution < -0.4 is 10.6 Å². The van der Waals surface area contributed by atoms with Gasteiger partial charge in [-0.15, -0.1) is 0 Å². The minimum Gasteiger partial charge on any atom is -0.335 e. The number of nitrogens with zero attached hydrogens (tertiary/aromatic N) is 1. The van der Waals surface area contributed by atoms with Crippen molar-refractivity contribution < 1.29 is 13.2 Å². The molecule has 0 aromatic heterocycles. The summed E-state index contributed by atoms with van der Waals surface area (Å²) in [5, 5.41) is 6.96. The second-order valence-electron chi connectivity index (χ2n) is 8.06. The van der Waals surface area contributed by atoms with Gasteiger partial charge in [0.2, 0.25) is 5.91 Å². The maximum atomic E-state index is 12.3. The summed E-state index contributed by atoms with van der Waals surface area (Å²) in [5.41, 5.74) is 3.83. The van der Waals surface area contributed by atoms with E-state index in [1.165, 1.54) is 17.3 Å². The fourth-order valence-corrected chi connectivity index (χ4v) is 7.26. The number of amides is 1. The zero-order valence-corrected chi connectivity index (χ0v) is 18.6. The number of benzene rings is 2. The average molecular weight is 444 g/mol. The van der Waals surface area contributed by atoms with Gasteiger partial charge in [-0.25, -0.2) is 8.42 Å². The zero-order chi connectivity index (χ0) is 21.3. The summed E-state index contributed by atoms with van der Waals surface area (Å²) in [6.07, 6.45) is 0.296. The van der Waals surface area contributed by atoms with Crippen LogP contribution in [0.4, 0.5) is 11.4 Å². The second-order valence-corrected chi connectivity index (χ2v) is 11.4. The van der Waals surface area contributed by atoms with Crippen LogP contribution in [0.15, 0.2) is 53.5 Å². The Bertz CT molecular complexity index is 1060. The molecule has 0 aliphatic carbocycles. The van der Waals surface area contributed by atoms with Gasteiger partial charge in [0.25, 0.3) is 0 Å². The van der Waals surface area contributed by atoms with E-state index in [-0.39, 0.29) is 28.7 Å². The van der Waals surface area contributed by atoms with Crippen LogP contribution in [0.3, 0.4) is 0 Å². The Morgan fingerprint density at radius 3 is 2.37 bits per heavy atom. The van der Waals surface area contributed by atoms with Gasteiger partial charge in [0.15, 0.2) is 15.0 Å². The van der Waals surface area contributed by atoms with Crippen molar-refractivity contribution in [2.75, 3.05) is 22.1 Å². The number of carbonyl (C=O) groups is 1. The normalized spacial score (nSPS) is 21.9. The highest BCUT2D eigenvalue weighted by molar-refractivity contribution is 8.15. The molecule has 4 rings (SSSR count). The van der Waals surface area contributed by atoms with Gasteiger partial charge < -0.3 is 10.6 Å². The number of anilines is 2. The van der Waals surface area contributed by atoms with Crippen molar-refractivity contribution in [3.8, 4) is 0 Å². The second kappa shape index (κ2) is 8.43. The Hall–Kier alpha value is -2.32. The Balaban J connectivity index is 1.30. The molecule has 2 aliphatic rings.